The first kappa shape index (κ1) is 14.6. The van der Waals surface area contributed by atoms with E-state index in [0.29, 0.717) is 19.5 Å². The van der Waals surface area contributed by atoms with E-state index in [2.05, 4.69) is 18.3 Å². The smallest absolute Gasteiger partial charge is 0.223 e. The van der Waals surface area contributed by atoms with Crippen molar-refractivity contribution >= 4 is 16.9 Å². The molecule has 0 atom stereocenters. The van der Waals surface area contributed by atoms with Crippen LogP contribution in [0, 0.1) is 0 Å². The first-order valence-corrected chi connectivity index (χ1v) is 7.05. The summed E-state index contributed by atoms with van der Waals surface area (Å²) in [6.45, 7) is 3.38. The number of fused-ring (bicyclic) bond motifs is 1. The van der Waals surface area contributed by atoms with Gasteiger partial charge in [0.25, 0.3) is 0 Å². The molecule has 1 heterocycles. The van der Waals surface area contributed by atoms with Crippen LogP contribution in [0.4, 0.5) is 0 Å². The van der Waals surface area contributed by atoms with Crippen molar-refractivity contribution < 1.29 is 9.21 Å². The van der Waals surface area contributed by atoms with Crippen LogP contribution in [0.25, 0.3) is 11.0 Å². The molecular formula is C16H22N2O2. The summed E-state index contributed by atoms with van der Waals surface area (Å²) in [5.74, 6) is 1.12. The van der Waals surface area contributed by atoms with E-state index < -0.39 is 0 Å². The van der Waals surface area contributed by atoms with Crippen molar-refractivity contribution in [3.8, 4) is 0 Å². The van der Waals surface area contributed by atoms with Gasteiger partial charge in [-0.25, -0.2) is 0 Å². The van der Waals surface area contributed by atoms with Crippen molar-refractivity contribution in [2.75, 3.05) is 20.6 Å². The van der Waals surface area contributed by atoms with Gasteiger partial charge in [-0.3, -0.25) is 4.79 Å². The van der Waals surface area contributed by atoms with Crippen LogP contribution in [-0.4, -0.2) is 31.4 Å². The van der Waals surface area contributed by atoms with Gasteiger partial charge in [-0.15, -0.1) is 0 Å². The van der Waals surface area contributed by atoms with Gasteiger partial charge in [0.15, 0.2) is 0 Å². The molecule has 0 bridgehead atoms. The molecular weight excluding hydrogens is 252 g/mol. The van der Waals surface area contributed by atoms with Crippen LogP contribution in [0.3, 0.4) is 0 Å². The number of carbonyl (C=O) groups is 1. The van der Waals surface area contributed by atoms with E-state index in [1.807, 2.05) is 32.3 Å². The summed E-state index contributed by atoms with van der Waals surface area (Å²) >= 11 is 0. The maximum absolute atomic E-state index is 12.0. The summed E-state index contributed by atoms with van der Waals surface area (Å²) in [5, 5.41) is 4.11. The van der Waals surface area contributed by atoms with Gasteiger partial charge in [0.2, 0.25) is 5.91 Å². The number of nitrogens with one attached hydrogen (secondary N) is 1. The molecule has 2 rings (SSSR count). The quantitative estimate of drug-likeness (QED) is 0.880. The fraction of sp³-hybridized carbons (Fsp3) is 0.438. The molecule has 0 spiro atoms. The molecule has 0 aliphatic rings. The van der Waals surface area contributed by atoms with Gasteiger partial charge in [0.1, 0.15) is 11.3 Å². The normalized spacial score (nSPS) is 10.9. The van der Waals surface area contributed by atoms with Gasteiger partial charge in [0.05, 0.1) is 0 Å². The first-order chi connectivity index (χ1) is 9.67. The van der Waals surface area contributed by atoms with E-state index in [1.165, 1.54) is 0 Å². The molecule has 0 unspecified atom stereocenters. The molecule has 0 fully saturated rings. The predicted molar refractivity (Wildman–Crippen MR) is 80.6 cm³/mol. The fourth-order valence-electron chi connectivity index (χ4n) is 2.36. The van der Waals surface area contributed by atoms with Crippen LogP contribution in [0.5, 0.6) is 0 Å². The standard InChI is InChI=1S/C16H22N2O2/c1-4-14-13(11-18(3)16(19)9-10-17-2)12-7-5-6-8-15(12)20-14/h5-8,17H,4,9-11H2,1-3H3. The van der Waals surface area contributed by atoms with Gasteiger partial charge >= 0.3 is 0 Å². The third-order valence-corrected chi connectivity index (χ3v) is 3.51. The van der Waals surface area contributed by atoms with Gasteiger partial charge in [-0.1, -0.05) is 25.1 Å². The molecule has 0 aliphatic carbocycles. The van der Waals surface area contributed by atoms with Crippen molar-refractivity contribution in [1.29, 1.82) is 0 Å². The molecule has 0 saturated heterocycles. The van der Waals surface area contributed by atoms with Gasteiger partial charge in [-0.05, 0) is 13.1 Å². The number of amides is 1. The highest BCUT2D eigenvalue weighted by Crippen LogP contribution is 2.27. The minimum absolute atomic E-state index is 0.145. The maximum Gasteiger partial charge on any atom is 0.223 e. The number of carbonyl (C=O) groups excluding carboxylic acids is 1. The average molecular weight is 274 g/mol. The summed E-state index contributed by atoms with van der Waals surface area (Å²) in [4.78, 5) is 13.8. The van der Waals surface area contributed by atoms with Crippen LogP contribution < -0.4 is 5.32 Å². The molecule has 108 valence electrons. The zero-order chi connectivity index (χ0) is 14.5. The Morgan fingerprint density at radius 1 is 1.35 bits per heavy atom. The molecule has 1 N–H and O–H groups in total. The third-order valence-electron chi connectivity index (χ3n) is 3.51. The topological polar surface area (TPSA) is 45.5 Å². The minimum Gasteiger partial charge on any atom is -0.461 e. The van der Waals surface area contributed by atoms with Crippen LogP contribution in [0.1, 0.15) is 24.7 Å². The monoisotopic (exact) mass is 274 g/mol. The lowest BCUT2D eigenvalue weighted by molar-refractivity contribution is -0.130. The van der Waals surface area contributed by atoms with Crippen molar-refractivity contribution in [2.45, 2.75) is 26.3 Å². The van der Waals surface area contributed by atoms with Gasteiger partial charge in [0, 0.05) is 43.9 Å². The number of benzene rings is 1. The molecule has 1 aromatic heterocycles. The SMILES string of the molecule is CCc1oc2ccccc2c1CN(C)C(=O)CCNC. The highest BCUT2D eigenvalue weighted by molar-refractivity contribution is 5.83. The number of para-hydroxylation sites is 1. The number of hydrogen-bond acceptors (Lipinski definition) is 3. The number of nitrogens with zero attached hydrogens (tertiary/aromatic N) is 1. The number of hydrogen-bond donors (Lipinski definition) is 1. The summed E-state index contributed by atoms with van der Waals surface area (Å²) < 4.78 is 5.86. The number of furan rings is 1. The predicted octanol–water partition coefficient (Wildman–Crippen LogP) is 2.56. The largest absolute Gasteiger partial charge is 0.461 e. The molecule has 0 aliphatic heterocycles. The Balaban J connectivity index is 2.22. The second kappa shape index (κ2) is 6.57. The minimum atomic E-state index is 0.145. The Bertz CT molecular complexity index is 589. The molecule has 0 saturated carbocycles. The van der Waals surface area contributed by atoms with Crippen molar-refractivity contribution in [3.05, 3.63) is 35.6 Å². The molecule has 20 heavy (non-hydrogen) atoms. The van der Waals surface area contributed by atoms with Crippen LogP contribution in [-0.2, 0) is 17.8 Å². The first-order valence-electron chi connectivity index (χ1n) is 7.05. The molecule has 2 aromatic rings. The van der Waals surface area contributed by atoms with E-state index in [4.69, 9.17) is 4.42 Å². The number of rotatable bonds is 6. The van der Waals surface area contributed by atoms with E-state index in [-0.39, 0.29) is 5.91 Å². The molecule has 4 nitrogen and oxygen atoms in total. The second-order valence-corrected chi connectivity index (χ2v) is 4.96. The Labute approximate surface area is 119 Å². The van der Waals surface area contributed by atoms with E-state index in [9.17, 15) is 4.79 Å². The van der Waals surface area contributed by atoms with E-state index in [1.54, 1.807) is 4.90 Å². The Morgan fingerprint density at radius 2 is 2.10 bits per heavy atom. The highest BCUT2D eigenvalue weighted by Gasteiger charge is 2.16. The third kappa shape index (κ3) is 3.02. The average Bonchev–Trinajstić information content (AvgIpc) is 2.82. The van der Waals surface area contributed by atoms with Crippen molar-refractivity contribution in [2.24, 2.45) is 0 Å². The van der Waals surface area contributed by atoms with Crippen LogP contribution >= 0.6 is 0 Å². The zero-order valence-corrected chi connectivity index (χ0v) is 12.4. The van der Waals surface area contributed by atoms with Gasteiger partial charge in [-0.2, -0.15) is 0 Å². The van der Waals surface area contributed by atoms with Crippen molar-refractivity contribution in [3.63, 3.8) is 0 Å². The molecule has 1 aromatic carbocycles. The Morgan fingerprint density at radius 3 is 2.80 bits per heavy atom. The lowest BCUT2D eigenvalue weighted by Crippen LogP contribution is -2.28. The summed E-state index contributed by atoms with van der Waals surface area (Å²) in [7, 11) is 3.70. The summed E-state index contributed by atoms with van der Waals surface area (Å²) in [6, 6.07) is 8.00. The Hall–Kier alpha value is -1.81. The number of aryl methyl sites for hydroxylation is 1. The lowest BCUT2D eigenvalue weighted by Gasteiger charge is -2.17. The van der Waals surface area contributed by atoms with Crippen molar-refractivity contribution in [1.82, 2.24) is 10.2 Å². The molecule has 1 amide bonds. The Kier molecular flexibility index (Phi) is 4.79. The van der Waals surface area contributed by atoms with Gasteiger partial charge < -0.3 is 14.6 Å². The van der Waals surface area contributed by atoms with E-state index >= 15 is 0 Å². The van der Waals surface area contributed by atoms with Crippen LogP contribution in [0.15, 0.2) is 28.7 Å². The highest BCUT2D eigenvalue weighted by atomic mass is 16.3. The van der Waals surface area contributed by atoms with E-state index in [0.717, 1.165) is 28.7 Å². The molecule has 4 heteroatoms. The fourth-order valence-corrected chi connectivity index (χ4v) is 2.36. The summed E-state index contributed by atoms with van der Waals surface area (Å²) in [5.41, 5.74) is 2.03. The summed E-state index contributed by atoms with van der Waals surface area (Å²) in [6.07, 6.45) is 1.35. The zero-order valence-electron chi connectivity index (χ0n) is 12.4. The van der Waals surface area contributed by atoms with Crippen LogP contribution in [0.2, 0.25) is 0 Å². The lowest BCUT2D eigenvalue weighted by atomic mass is 10.1. The molecule has 0 radical (unpaired) electrons. The maximum atomic E-state index is 12.0. The second-order valence-electron chi connectivity index (χ2n) is 4.96.